The van der Waals surface area contributed by atoms with Crippen LogP contribution in [-0.2, 0) is 16.1 Å². The molecule has 20 heavy (non-hydrogen) atoms. The van der Waals surface area contributed by atoms with E-state index in [9.17, 15) is 14.4 Å². The third-order valence-electron chi connectivity index (χ3n) is 3.09. The molecule has 0 aliphatic carbocycles. The van der Waals surface area contributed by atoms with Crippen molar-refractivity contribution in [3.8, 4) is 0 Å². The smallest absolute Gasteiger partial charge is 0.328 e. The summed E-state index contributed by atoms with van der Waals surface area (Å²) in [6, 6.07) is -1.65. The lowest BCUT2D eigenvalue weighted by atomic mass is 10.2. The molecule has 1 saturated heterocycles. The maximum Gasteiger partial charge on any atom is 0.328 e. The number of rotatable bonds is 3. The number of hydrogen-bond acceptors (Lipinski definition) is 4. The number of hydrogen-bond donors (Lipinski definition) is 4. The number of carboxylic acid groups (broad SMARTS) is 1. The van der Waals surface area contributed by atoms with Crippen LogP contribution in [0.3, 0.4) is 0 Å². The molecule has 2 rings (SSSR count). The Balaban J connectivity index is 2.00. The van der Waals surface area contributed by atoms with Crippen molar-refractivity contribution in [3.05, 3.63) is 17.5 Å². The molecule has 0 spiro atoms. The molecule has 1 atom stereocenters. The molecule has 1 aliphatic rings. The van der Waals surface area contributed by atoms with Gasteiger partial charge < -0.3 is 15.7 Å². The predicted molar refractivity (Wildman–Crippen MR) is 66.7 cm³/mol. The largest absolute Gasteiger partial charge is 0.480 e. The van der Waals surface area contributed by atoms with E-state index in [1.54, 1.807) is 6.20 Å². The number of aromatic amines is 1. The first kappa shape index (κ1) is 13.8. The highest BCUT2D eigenvalue weighted by atomic mass is 16.4. The van der Waals surface area contributed by atoms with Gasteiger partial charge in [-0.25, -0.2) is 9.59 Å². The molecule has 4 N–H and O–H groups in total. The molecule has 0 saturated carbocycles. The summed E-state index contributed by atoms with van der Waals surface area (Å²) in [5.74, 6) is -1.53. The van der Waals surface area contributed by atoms with Gasteiger partial charge in [0.15, 0.2) is 0 Å². The highest BCUT2D eigenvalue weighted by molar-refractivity contribution is 5.90. The number of carbonyl (C=O) groups excluding carboxylic acids is 2. The standard InChI is InChI=1S/C11H15N5O4/c1-6-7(3-14-15-6)2-13-11(20)16-5-9(17)12-4-8(16)10(18)19/h3,8H,2,4-5H2,1H3,(H,12,17)(H,13,20)(H,14,15)(H,18,19). The van der Waals surface area contributed by atoms with Crippen molar-refractivity contribution in [2.45, 2.75) is 19.5 Å². The fourth-order valence-corrected chi connectivity index (χ4v) is 1.90. The summed E-state index contributed by atoms with van der Waals surface area (Å²) >= 11 is 0. The van der Waals surface area contributed by atoms with E-state index in [2.05, 4.69) is 20.8 Å². The van der Waals surface area contributed by atoms with Gasteiger partial charge in [0.1, 0.15) is 12.6 Å². The number of piperazine rings is 1. The second-order valence-corrected chi connectivity index (χ2v) is 4.46. The first-order chi connectivity index (χ1) is 9.49. The van der Waals surface area contributed by atoms with Crippen LogP contribution in [-0.4, -0.2) is 57.2 Å². The number of amides is 3. The normalized spacial score (nSPS) is 18.6. The number of aromatic nitrogens is 2. The third kappa shape index (κ3) is 2.87. The number of urea groups is 1. The molecule has 1 unspecified atom stereocenters. The molecule has 108 valence electrons. The van der Waals surface area contributed by atoms with E-state index in [4.69, 9.17) is 5.11 Å². The number of aryl methyl sites for hydroxylation is 1. The quantitative estimate of drug-likeness (QED) is 0.554. The average molecular weight is 281 g/mol. The molecule has 0 bridgehead atoms. The summed E-state index contributed by atoms with van der Waals surface area (Å²) in [6.45, 7) is 1.66. The molecule has 1 aromatic heterocycles. The van der Waals surface area contributed by atoms with Gasteiger partial charge in [0.05, 0.1) is 6.20 Å². The van der Waals surface area contributed by atoms with Crippen LogP contribution in [0.4, 0.5) is 4.79 Å². The van der Waals surface area contributed by atoms with Gasteiger partial charge >= 0.3 is 12.0 Å². The van der Waals surface area contributed by atoms with E-state index in [1.807, 2.05) is 6.92 Å². The zero-order valence-electron chi connectivity index (χ0n) is 10.8. The van der Waals surface area contributed by atoms with E-state index >= 15 is 0 Å². The summed E-state index contributed by atoms with van der Waals surface area (Å²) in [5, 5.41) is 20.6. The van der Waals surface area contributed by atoms with Crippen LogP contribution < -0.4 is 10.6 Å². The van der Waals surface area contributed by atoms with E-state index in [-0.39, 0.29) is 25.5 Å². The zero-order valence-corrected chi connectivity index (χ0v) is 10.8. The fourth-order valence-electron chi connectivity index (χ4n) is 1.90. The SMILES string of the molecule is Cc1[nH]ncc1CNC(=O)N1CC(=O)NCC1C(=O)O. The molecule has 0 radical (unpaired) electrons. The molecule has 0 aromatic carbocycles. The van der Waals surface area contributed by atoms with Gasteiger partial charge in [-0.2, -0.15) is 5.10 Å². The van der Waals surface area contributed by atoms with Gasteiger partial charge in [-0.3, -0.25) is 14.8 Å². The number of carboxylic acids is 1. The summed E-state index contributed by atoms with van der Waals surface area (Å²) in [7, 11) is 0. The Hall–Kier alpha value is -2.58. The van der Waals surface area contributed by atoms with Crippen LogP contribution in [0.15, 0.2) is 6.20 Å². The second kappa shape index (κ2) is 5.59. The van der Waals surface area contributed by atoms with Crippen LogP contribution in [0.1, 0.15) is 11.3 Å². The minimum atomic E-state index is -1.15. The molecular formula is C11H15N5O4. The number of nitrogens with zero attached hydrogens (tertiary/aromatic N) is 2. The van der Waals surface area contributed by atoms with Gasteiger partial charge in [-0.05, 0) is 6.92 Å². The van der Waals surface area contributed by atoms with E-state index < -0.39 is 18.0 Å². The zero-order chi connectivity index (χ0) is 14.7. The van der Waals surface area contributed by atoms with E-state index in [0.717, 1.165) is 16.2 Å². The van der Waals surface area contributed by atoms with Crippen LogP contribution in [0.25, 0.3) is 0 Å². The Morgan fingerprint density at radius 2 is 2.35 bits per heavy atom. The molecule has 1 fully saturated rings. The van der Waals surface area contributed by atoms with Crippen molar-refractivity contribution >= 4 is 17.9 Å². The maximum absolute atomic E-state index is 12.0. The number of carbonyl (C=O) groups is 3. The van der Waals surface area contributed by atoms with Crippen LogP contribution in [0.5, 0.6) is 0 Å². The minimum absolute atomic E-state index is 0.0909. The van der Waals surface area contributed by atoms with Crippen molar-refractivity contribution in [1.29, 1.82) is 0 Å². The maximum atomic E-state index is 12.0. The average Bonchev–Trinajstić information content (AvgIpc) is 2.81. The minimum Gasteiger partial charge on any atom is -0.480 e. The molecule has 9 heteroatoms. The first-order valence-electron chi connectivity index (χ1n) is 6.02. The Labute approximate surface area is 114 Å². The highest BCUT2D eigenvalue weighted by Crippen LogP contribution is 2.06. The van der Waals surface area contributed by atoms with Crippen molar-refractivity contribution in [1.82, 2.24) is 25.7 Å². The van der Waals surface area contributed by atoms with Crippen LogP contribution in [0, 0.1) is 6.92 Å². The third-order valence-corrected chi connectivity index (χ3v) is 3.09. The van der Waals surface area contributed by atoms with Crippen LogP contribution >= 0.6 is 0 Å². The second-order valence-electron chi connectivity index (χ2n) is 4.46. The number of aliphatic carboxylic acids is 1. The predicted octanol–water partition coefficient (Wildman–Crippen LogP) is -1.19. The van der Waals surface area contributed by atoms with Crippen molar-refractivity contribution in [2.75, 3.05) is 13.1 Å². The number of nitrogens with one attached hydrogen (secondary N) is 3. The lowest BCUT2D eigenvalue weighted by Gasteiger charge is -2.32. The molecule has 1 aliphatic heterocycles. The van der Waals surface area contributed by atoms with E-state index in [0.29, 0.717) is 0 Å². The van der Waals surface area contributed by atoms with Crippen molar-refractivity contribution < 1.29 is 19.5 Å². The summed E-state index contributed by atoms with van der Waals surface area (Å²) in [4.78, 5) is 35.4. The fraction of sp³-hybridized carbons (Fsp3) is 0.455. The summed E-state index contributed by atoms with van der Waals surface area (Å²) < 4.78 is 0. The topological polar surface area (TPSA) is 127 Å². The summed E-state index contributed by atoms with van der Waals surface area (Å²) in [5.41, 5.74) is 1.61. The molecule has 9 nitrogen and oxygen atoms in total. The van der Waals surface area contributed by atoms with Gasteiger partial charge in [0.25, 0.3) is 0 Å². The van der Waals surface area contributed by atoms with Gasteiger partial charge in [-0.15, -0.1) is 0 Å². The highest BCUT2D eigenvalue weighted by Gasteiger charge is 2.35. The Morgan fingerprint density at radius 3 is 2.95 bits per heavy atom. The van der Waals surface area contributed by atoms with Gasteiger partial charge in [-0.1, -0.05) is 0 Å². The first-order valence-corrected chi connectivity index (χ1v) is 6.02. The monoisotopic (exact) mass is 281 g/mol. The molecule has 3 amide bonds. The molecule has 1 aromatic rings. The van der Waals surface area contributed by atoms with Crippen LogP contribution in [0.2, 0.25) is 0 Å². The van der Waals surface area contributed by atoms with Gasteiger partial charge in [0, 0.05) is 24.3 Å². The Kier molecular flexibility index (Phi) is 3.87. The molecular weight excluding hydrogens is 266 g/mol. The summed E-state index contributed by atoms with van der Waals surface area (Å²) in [6.07, 6.45) is 1.58. The van der Waals surface area contributed by atoms with E-state index in [1.165, 1.54) is 0 Å². The Morgan fingerprint density at radius 1 is 1.60 bits per heavy atom. The lowest BCUT2D eigenvalue weighted by molar-refractivity contribution is -0.144. The van der Waals surface area contributed by atoms with Crippen molar-refractivity contribution in [3.63, 3.8) is 0 Å². The van der Waals surface area contributed by atoms with Gasteiger partial charge in [0.2, 0.25) is 5.91 Å². The van der Waals surface area contributed by atoms with Crippen molar-refractivity contribution in [2.24, 2.45) is 0 Å². The lowest BCUT2D eigenvalue weighted by Crippen LogP contribution is -2.61. The molecule has 2 heterocycles. The number of H-pyrrole nitrogens is 1. The Bertz CT molecular complexity index is 541.